The van der Waals surface area contributed by atoms with Gasteiger partial charge >= 0.3 is 0 Å². The average Bonchev–Trinajstić information content (AvgIpc) is 2.41. The van der Waals surface area contributed by atoms with Gasteiger partial charge in [-0.1, -0.05) is 30.0 Å². The van der Waals surface area contributed by atoms with Crippen LogP contribution in [0.1, 0.15) is 20.8 Å². The van der Waals surface area contributed by atoms with Gasteiger partial charge in [0.25, 0.3) is 0 Å². The van der Waals surface area contributed by atoms with Crippen LogP contribution < -0.4 is 0 Å². The van der Waals surface area contributed by atoms with E-state index in [0.717, 1.165) is 5.69 Å². The SMILES string of the molecule is CC[P+](CC)(CC)C(=Nc1ccccc1)SC. The van der Waals surface area contributed by atoms with E-state index in [2.05, 4.69) is 51.3 Å². The first kappa shape index (κ1) is 14.7. The predicted octanol–water partition coefficient (Wildman–Crippen LogP) is 5.11. The molecule has 0 atom stereocenters. The molecular formula is C14H23NPS+. The average molecular weight is 268 g/mol. The fourth-order valence-electron chi connectivity index (χ4n) is 2.03. The van der Waals surface area contributed by atoms with E-state index in [1.165, 1.54) is 23.3 Å². The summed E-state index contributed by atoms with van der Waals surface area (Å²) in [7, 11) is -1.00. The van der Waals surface area contributed by atoms with Crippen molar-refractivity contribution in [3.63, 3.8) is 0 Å². The lowest BCUT2D eigenvalue weighted by atomic mass is 10.3. The van der Waals surface area contributed by atoms with Crippen molar-refractivity contribution in [2.75, 3.05) is 24.7 Å². The summed E-state index contributed by atoms with van der Waals surface area (Å²) in [6, 6.07) is 10.3. The van der Waals surface area contributed by atoms with Crippen LogP contribution in [0.4, 0.5) is 5.69 Å². The number of benzene rings is 1. The third-order valence-corrected chi connectivity index (χ3v) is 10.1. The Balaban J connectivity index is 3.09. The van der Waals surface area contributed by atoms with Crippen LogP contribution in [0.2, 0.25) is 0 Å². The molecule has 1 rings (SSSR count). The van der Waals surface area contributed by atoms with E-state index in [4.69, 9.17) is 4.99 Å². The Bertz CT molecular complexity index is 349. The van der Waals surface area contributed by atoms with Crippen molar-refractivity contribution in [2.45, 2.75) is 20.8 Å². The highest BCUT2D eigenvalue weighted by atomic mass is 32.2. The second kappa shape index (κ2) is 7.18. The molecule has 0 fully saturated rings. The lowest BCUT2D eigenvalue weighted by Gasteiger charge is -2.23. The van der Waals surface area contributed by atoms with Gasteiger partial charge < -0.3 is 0 Å². The van der Waals surface area contributed by atoms with Gasteiger partial charge in [-0.15, -0.1) is 0 Å². The summed E-state index contributed by atoms with van der Waals surface area (Å²) in [6.07, 6.45) is 5.98. The first-order chi connectivity index (χ1) is 8.22. The van der Waals surface area contributed by atoms with Gasteiger partial charge in [0.2, 0.25) is 4.78 Å². The highest BCUT2D eigenvalue weighted by Crippen LogP contribution is 2.62. The van der Waals surface area contributed by atoms with Crippen molar-refractivity contribution in [1.82, 2.24) is 0 Å². The van der Waals surface area contributed by atoms with E-state index in [9.17, 15) is 0 Å². The largest absolute Gasteiger partial charge is 0.216 e. The van der Waals surface area contributed by atoms with E-state index in [1.54, 1.807) is 0 Å². The van der Waals surface area contributed by atoms with Gasteiger partial charge in [-0.05, 0) is 39.2 Å². The van der Waals surface area contributed by atoms with Crippen molar-refractivity contribution >= 4 is 29.5 Å². The molecule has 0 aliphatic rings. The summed E-state index contributed by atoms with van der Waals surface area (Å²) in [5.74, 6) is 0. The molecule has 1 aromatic carbocycles. The molecule has 0 aliphatic carbocycles. The highest BCUT2D eigenvalue weighted by Gasteiger charge is 2.38. The smallest absolute Gasteiger partial charge is 0.208 e. The fourth-order valence-corrected chi connectivity index (χ4v) is 7.42. The van der Waals surface area contributed by atoms with Gasteiger partial charge in [0.1, 0.15) is 0 Å². The molecule has 0 saturated carbocycles. The zero-order valence-electron chi connectivity index (χ0n) is 11.3. The minimum absolute atomic E-state index is 1.00. The number of nitrogens with zero attached hydrogens (tertiary/aromatic N) is 1. The number of hydrogen-bond acceptors (Lipinski definition) is 2. The number of aliphatic imine (C=N–C) groups is 1. The second-order valence-electron chi connectivity index (χ2n) is 4.03. The van der Waals surface area contributed by atoms with E-state index >= 15 is 0 Å². The maximum absolute atomic E-state index is 4.89. The zero-order chi connectivity index (χ0) is 12.7. The topological polar surface area (TPSA) is 12.4 Å². The van der Waals surface area contributed by atoms with Crippen LogP contribution in [-0.4, -0.2) is 29.5 Å². The summed E-state index contributed by atoms with van der Waals surface area (Å²) in [5.41, 5.74) is 1.09. The first-order valence-electron chi connectivity index (χ1n) is 6.26. The molecule has 0 aliphatic heterocycles. The van der Waals surface area contributed by atoms with E-state index in [1.807, 2.05) is 17.8 Å². The van der Waals surface area contributed by atoms with Crippen LogP contribution in [-0.2, 0) is 0 Å². The molecule has 1 aromatic rings. The Morgan fingerprint density at radius 1 is 1.06 bits per heavy atom. The molecule has 0 saturated heterocycles. The molecule has 0 heterocycles. The van der Waals surface area contributed by atoms with Gasteiger partial charge in [0.15, 0.2) is 0 Å². The van der Waals surface area contributed by atoms with Crippen molar-refractivity contribution < 1.29 is 0 Å². The Labute approximate surface area is 110 Å². The van der Waals surface area contributed by atoms with E-state index in [-0.39, 0.29) is 0 Å². The van der Waals surface area contributed by atoms with Gasteiger partial charge in [-0.2, -0.15) is 0 Å². The van der Waals surface area contributed by atoms with Crippen LogP contribution in [0, 0.1) is 0 Å². The van der Waals surface area contributed by atoms with Crippen LogP contribution in [0.3, 0.4) is 0 Å². The number of thioether (sulfide) groups is 1. The summed E-state index contributed by atoms with van der Waals surface area (Å²) in [6.45, 7) is 6.95. The van der Waals surface area contributed by atoms with E-state index in [0.29, 0.717) is 0 Å². The molecule has 0 N–H and O–H groups in total. The maximum Gasteiger partial charge on any atom is 0.216 e. The highest BCUT2D eigenvalue weighted by molar-refractivity contribution is 8.29. The number of rotatable bonds is 5. The number of hydrogen-bond donors (Lipinski definition) is 0. The molecule has 0 amide bonds. The number of para-hydroxylation sites is 1. The van der Waals surface area contributed by atoms with Crippen molar-refractivity contribution in [3.8, 4) is 0 Å². The summed E-state index contributed by atoms with van der Waals surface area (Å²) in [5, 5.41) is 0. The van der Waals surface area contributed by atoms with E-state index < -0.39 is 7.26 Å². The third kappa shape index (κ3) is 3.56. The van der Waals surface area contributed by atoms with Crippen LogP contribution in [0.25, 0.3) is 0 Å². The summed E-state index contributed by atoms with van der Waals surface area (Å²) < 4.78 is 0. The summed E-state index contributed by atoms with van der Waals surface area (Å²) >= 11 is 1.84. The first-order valence-corrected chi connectivity index (χ1v) is 9.83. The molecule has 1 nitrogen and oxygen atoms in total. The fraction of sp³-hybridized carbons (Fsp3) is 0.500. The molecule has 0 bridgehead atoms. The Morgan fingerprint density at radius 2 is 1.59 bits per heavy atom. The lowest BCUT2D eigenvalue weighted by Crippen LogP contribution is -2.11. The predicted molar refractivity (Wildman–Crippen MR) is 85.6 cm³/mol. The molecule has 0 radical (unpaired) electrons. The van der Waals surface area contributed by atoms with Crippen molar-refractivity contribution in [2.24, 2.45) is 4.99 Å². The van der Waals surface area contributed by atoms with Gasteiger partial charge in [0.05, 0.1) is 31.4 Å². The van der Waals surface area contributed by atoms with Crippen LogP contribution in [0.15, 0.2) is 35.3 Å². The zero-order valence-corrected chi connectivity index (χ0v) is 13.0. The quantitative estimate of drug-likeness (QED) is 0.410. The van der Waals surface area contributed by atoms with Crippen LogP contribution in [0.5, 0.6) is 0 Å². The molecule has 3 heteroatoms. The Morgan fingerprint density at radius 3 is 2.00 bits per heavy atom. The Hall–Kier alpha value is -0.330. The van der Waals surface area contributed by atoms with Crippen molar-refractivity contribution in [1.29, 1.82) is 0 Å². The normalized spacial score (nSPS) is 12.8. The molecule has 94 valence electrons. The monoisotopic (exact) mass is 268 g/mol. The van der Waals surface area contributed by atoms with Gasteiger partial charge in [-0.3, -0.25) is 0 Å². The maximum atomic E-state index is 4.89. The molecule has 0 unspecified atom stereocenters. The summed E-state index contributed by atoms with van der Waals surface area (Å²) in [4.78, 5) is 6.28. The minimum atomic E-state index is -1.00. The molecule has 0 spiro atoms. The minimum Gasteiger partial charge on any atom is -0.208 e. The standard InChI is InChI=1S/C14H23NPS/c1-5-16(6-2,7-3)14(17-4)15-13-11-9-8-10-12-13/h8-12H,5-7H2,1-4H3/q+1. The molecule has 17 heavy (non-hydrogen) atoms. The van der Waals surface area contributed by atoms with Crippen molar-refractivity contribution in [3.05, 3.63) is 30.3 Å². The molecule has 0 aromatic heterocycles. The second-order valence-corrected chi connectivity index (χ2v) is 9.74. The Kier molecular flexibility index (Phi) is 6.22. The lowest BCUT2D eigenvalue weighted by molar-refractivity contribution is 1.33. The van der Waals surface area contributed by atoms with Gasteiger partial charge in [0, 0.05) is 0 Å². The third-order valence-electron chi connectivity index (χ3n) is 3.39. The van der Waals surface area contributed by atoms with Gasteiger partial charge in [-0.25, -0.2) is 4.99 Å². The molecular weight excluding hydrogens is 245 g/mol. The van der Waals surface area contributed by atoms with Crippen LogP contribution >= 0.6 is 19.0 Å².